The Hall–Kier alpha value is -2.21. The third-order valence-electron chi connectivity index (χ3n) is 7.85. The quantitative estimate of drug-likeness (QED) is 0.421. The molecule has 186 valence electrons. The second kappa shape index (κ2) is 9.34. The van der Waals surface area contributed by atoms with Crippen LogP contribution in [0.1, 0.15) is 50.5 Å². The minimum atomic E-state index is -2.49. The summed E-state index contributed by atoms with van der Waals surface area (Å²) in [5, 5.41) is 14.5. The number of carbonyl (C=O) groups is 2. The maximum absolute atomic E-state index is 14.1. The second-order valence-electron chi connectivity index (χ2n) is 9.92. The zero-order valence-electron chi connectivity index (χ0n) is 19.4. The van der Waals surface area contributed by atoms with Crippen molar-refractivity contribution in [3.63, 3.8) is 0 Å². The van der Waals surface area contributed by atoms with Gasteiger partial charge < -0.3 is 19.9 Å². The molecule has 0 bridgehead atoms. The Morgan fingerprint density at radius 3 is 2.29 bits per heavy atom. The summed E-state index contributed by atoms with van der Waals surface area (Å²) in [6.07, 6.45) is 6.28. The summed E-state index contributed by atoms with van der Waals surface area (Å²) in [7, 11) is -2.49. The van der Waals surface area contributed by atoms with Crippen molar-refractivity contribution in [3.8, 4) is 0 Å². The summed E-state index contributed by atoms with van der Waals surface area (Å²) < 4.78 is 27.6. The molecule has 1 atom stereocenters. The molecule has 2 saturated carbocycles. The summed E-state index contributed by atoms with van der Waals surface area (Å²) in [5.41, 5.74) is -0.675. The fourth-order valence-corrected chi connectivity index (χ4v) is 9.89. The van der Waals surface area contributed by atoms with E-state index in [1.54, 1.807) is 12.1 Å². The van der Waals surface area contributed by atoms with Crippen LogP contribution in [0, 0.1) is 5.82 Å². The molecule has 1 heterocycles. The maximum atomic E-state index is 14.1. The minimum Gasteiger partial charge on any atom is -0.372 e. The number of hydrogen-bond acceptors (Lipinski definition) is 4. The molecular formula is C26H29ClFN2O4P. The standard InChI is InChI=1S/C26H29ClFN2O4P/c27-18-13-17(14-19(28)15-18)16-29-24(31)26(33)11-12-30(25(26)32)20-7-9-23(10-8-20)35(34,21-3-1-4-21)22-5-2-6-22/h7-10,13-15,21-22,33H,1-6,11-12,16H2,(H,29,31)/t26-/m0/s1. The van der Waals surface area contributed by atoms with Crippen LogP contribution in [0.2, 0.25) is 5.02 Å². The van der Waals surface area contributed by atoms with E-state index in [1.807, 2.05) is 12.1 Å². The van der Waals surface area contributed by atoms with Gasteiger partial charge in [0.15, 0.2) is 0 Å². The number of anilines is 1. The number of nitrogens with zero attached hydrogens (tertiary/aromatic N) is 1. The van der Waals surface area contributed by atoms with Gasteiger partial charge in [0, 0.05) is 46.8 Å². The van der Waals surface area contributed by atoms with Gasteiger partial charge in [-0.3, -0.25) is 9.59 Å². The van der Waals surface area contributed by atoms with Crippen LogP contribution in [0.25, 0.3) is 0 Å². The summed E-state index contributed by atoms with van der Waals surface area (Å²) >= 11 is 5.85. The fourth-order valence-electron chi connectivity index (χ4n) is 5.33. The SMILES string of the molecule is O=C(NCc1cc(F)cc(Cl)c1)[C@@]1(O)CCN(c2ccc(P(=O)(C3CCC3)C3CCC3)cc2)C1=O. The van der Waals surface area contributed by atoms with Crippen LogP contribution in [-0.2, 0) is 20.7 Å². The van der Waals surface area contributed by atoms with Crippen LogP contribution in [0.5, 0.6) is 0 Å². The number of carbonyl (C=O) groups excluding carboxylic acids is 2. The molecule has 1 saturated heterocycles. The lowest BCUT2D eigenvalue weighted by molar-refractivity contribution is -0.149. The molecule has 2 aromatic rings. The Kier molecular flexibility index (Phi) is 6.54. The second-order valence-corrected chi connectivity index (χ2v) is 13.8. The first-order valence-electron chi connectivity index (χ1n) is 12.2. The van der Waals surface area contributed by atoms with Gasteiger partial charge in [-0.25, -0.2) is 4.39 Å². The van der Waals surface area contributed by atoms with E-state index < -0.39 is 30.4 Å². The van der Waals surface area contributed by atoms with Crippen molar-refractivity contribution in [2.75, 3.05) is 11.4 Å². The lowest BCUT2D eigenvalue weighted by Gasteiger charge is -2.43. The third-order valence-corrected chi connectivity index (χ3v) is 12.4. The van der Waals surface area contributed by atoms with Gasteiger partial charge in [-0.05, 0) is 73.7 Å². The minimum absolute atomic E-state index is 0.0635. The Labute approximate surface area is 209 Å². The monoisotopic (exact) mass is 518 g/mol. The van der Waals surface area contributed by atoms with E-state index in [1.165, 1.54) is 17.0 Å². The lowest BCUT2D eigenvalue weighted by atomic mass is 9.99. The molecule has 6 nitrogen and oxygen atoms in total. The summed E-state index contributed by atoms with van der Waals surface area (Å²) in [6.45, 7) is 0.106. The van der Waals surface area contributed by atoms with E-state index >= 15 is 0 Å². The molecule has 0 unspecified atom stereocenters. The molecule has 5 rings (SSSR count). The van der Waals surface area contributed by atoms with E-state index in [2.05, 4.69) is 5.32 Å². The topological polar surface area (TPSA) is 86.7 Å². The van der Waals surface area contributed by atoms with E-state index in [0.29, 0.717) is 11.3 Å². The van der Waals surface area contributed by atoms with Crippen molar-refractivity contribution in [1.29, 1.82) is 0 Å². The van der Waals surface area contributed by atoms with Crippen LogP contribution in [-0.4, -0.2) is 40.4 Å². The predicted molar refractivity (Wildman–Crippen MR) is 134 cm³/mol. The van der Waals surface area contributed by atoms with E-state index in [4.69, 9.17) is 11.6 Å². The number of hydrogen-bond donors (Lipinski definition) is 2. The van der Waals surface area contributed by atoms with Crippen molar-refractivity contribution in [3.05, 3.63) is 58.9 Å². The molecule has 35 heavy (non-hydrogen) atoms. The van der Waals surface area contributed by atoms with Gasteiger partial charge in [0.1, 0.15) is 13.0 Å². The van der Waals surface area contributed by atoms with Gasteiger partial charge in [-0.2, -0.15) is 0 Å². The van der Waals surface area contributed by atoms with Gasteiger partial charge in [0.25, 0.3) is 11.8 Å². The Balaban J connectivity index is 1.28. The first-order valence-corrected chi connectivity index (χ1v) is 14.4. The molecule has 0 aromatic heterocycles. The highest BCUT2D eigenvalue weighted by Crippen LogP contribution is 2.65. The molecule has 2 N–H and O–H groups in total. The van der Waals surface area contributed by atoms with E-state index in [-0.39, 0.29) is 35.9 Å². The van der Waals surface area contributed by atoms with Crippen molar-refractivity contribution in [2.45, 2.75) is 68.4 Å². The van der Waals surface area contributed by atoms with Crippen molar-refractivity contribution < 1.29 is 23.7 Å². The largest absolute Gasteiger partial charge is 0.372 e. The van der Waals surface area contributed by atoms with Gasteiger partial charge in [-0.1, -0.05) is 24.4 Å². The molecule has 1 aliphatic heterocycles. The van der Waals surface area contributed by atoms with Crippen molar-refractivity contribution >= 4 is 41.5 Å². The molecule has 2 amide bonds. The maximum Gasteiger partial charge on any atom is 0.268 e. The number of nitrogens with one attached hydrogen (secondary N) is 1. The smallest absolute Gasteiger partial charge is 0.268 e. The highest BCUT2D eigenvalue weighted by molar-refractivity contribution is 7.73. The van der Waals surface area contributed by atoms with E-state index in [9.17, 15) is 23.7 Å². The van der Waals surface area contributed by atoms with Gasteiger partial charge in [-0.15, -0.1) is 0 Å². The van der Waals surface area contributed by atoms with Crippen LogP contribution in [0.15, 0.2) is 42.5 Å². The Morgan fingerprint density at radius 1 is 1.11 bits per heavy atom. The molecule has 2 aromatic carbocycles. The first-order chi connectivity index (χ1) is 16.7. The number of amides is 2. The highest BCUT2D eigenvalue weighted by Gasteiger charge is 2.52. The normalized spacial score (nSPS) is 23.2. The van der Waals surface area contributed by atoms with Crippen LogP contribution < -0.4 is 15.5 Å². The number of halogens is 2. The fraction of sp³-hybridized carbons (Fsp3) is 0.462. The van der Waals surface area contributed by atoms with Gasteiger partial charge >= 0.3 is 0 Å². The molecular weight excluding hydrogens is 490 g/mol. The zero-order valence-corrected chi connectivity index (χ0v) is 21.0. The molecule has 9 heteroatoms. The summed E-state index contributed by atoms with van der Waals surface area (Å²) in [6, 6.07) is 11.2. The Bertz CT molecular complexity index is 1160. The summed E-state index contributed by atoms with van der Waals surface area (Å²) in [4.78, 5) is 27.2. The first kappa shape index (κ1) is 24.5. The van der Waals surface area contributed by atoms with Crippen LogP contribution in [0.3, 0.4) is 0 Å². The number of rotatable bonds is 7. The van der Waals surface area contributed by atoms with Crippen LogP contribution in [0.4, 0.5) is 10.1 Å². The van der Waals surface area contributed by atoms with Gasteiger partial charge in [0.2, 0.25) is 5.60 Å². The molecule has 3 aliphatic rings. The predicted octanol–water partition coefficient (Wildman–Crippen LogP) is 4.36. The van der Waals surface area contributed by atoms with Crippen molar-refractivity contribution in [2.24, 2.45) is 0 Å². The number of aliphatic hydroxyl groups is 1. The van der Waals surface area contributed by atoms with Crippen LogP contribution >= 0.6 is 18.7 Å². The Morgan fingerprint density at radius 2 is 1.74 bits per heavy atom. The molecule has 3 fully saturated rings. The highest BCUT2D eigenvalue weighted by atomic mass is 35.5. The zero-order chi connectivity index (χ0) is 24.8. The van der Waals surface area contributed by atoms with E-state index in [0.717, 1.165) is 49.9 Å². The molecule has 0 spiro atoms. The molecule has 2 aliphatic carbocycles. The average molecular weight is 519 g/mol. The summed E-state index contributed by atoms with van der Waals surface area (Å²) in [5.74, 6) is -2.08. The third kappa shape index (κ3) is 4.32. The molecule has 0 radical (unpaired) electrons. The average Bonchev–Trinajstić information content (AvgIpc) is 3.04. The van der Waals surface area contributed by atoms with Crippen molar-refractivity contribution in [1.82, 2.24) is 5.32 Å². The van der Waals surface area contributed by atoms with Gasteiger partial charge in [0.05, 0.1) is 0 Å². The number of benzene rings is 2. The lowest BCUT2D eigenvalue weighted by Crippen LogP contribution is -2.52.